The number of hydrogen-bond acceptors (Lipinski definition) is 2. The summed E-state index contributed by atoms with van der Waals surface area (Å²) in [6.45, 7) is 1.98. The van der Waals surface area contributed by atoms with E-state index in [1.807, 2.05) is 0 Å². The SMILES string of the molecule is O=C1NC2CNCCC12. The Morgan fingerprint density at radius 2 is 2.44 bits per heavy atom. The summed E-state index contributed by atoms with van der Waals surface area (Å²) in [5.41, 5.74) is 0. The standard InChI is InChI=1S/C6H10N2O/c9-6-4-1-2-7-3-5(4)8-6/h4-5,7H,1-3H2,(H,8,9). The van der Waals surface area contributed by atoms with Crippen molar-refractivity contribution in [3.63, 3.8) is 0 Å². The van der Waals surface area contributed by atoms with Crippen LogP contribution in [0.1, 0.15) is 6.42 Å². The fourth-order valence-electron chi connectivity index (χ4n) is 1.52. The van der Waals surface area contributed by atoms with Crippen LogP contribution in [0.3, 0.4) is 0 Å². The Hall–Kier alpha value is -0.570. The van der Waals surface area contributed by atoms with Crippen LogP contribution >= 0.6 is 0 Å². The lowest BCUT2D eigenvalue weighted by atomic mass is 9.85. The van der Waals surface area contributed by atoms with Crippen molar-refractivity contribution in [2.24, 2.45) is 5.92 Å². The normalized spacial score (nSPS) is 40.7. The first-order valence-corrected chi connectivity index (χ1v) is 3.39. The summed E-state index contributed by atoms with van der Waals surface area (Å²) in [5.74, 6) is 0.591. The summed E-state index contributed by atoms with van der Waals surface area (Å²) in [4.78, 5) is 10.7. The summed E-state index contributed by atoms with van der Waals surface area (Å²) in [7, 11) is 0. The van der Waals surface area contributed by atoms with Crippen LogP contribution < -0.4 is 10.6 Å². The van der Waals surface area contributed by atoms with Gasteiger partial charge in [0.15, 0.2) is 0 Å². The molecule has 3 nitrogen and oxygen atoms in total. The third-order valence-electron chi connectivity index (χ3n) is 2.15. The van der Waals surface area contributed by atoms with Gasteiger partial charge in [0.2, 0.25) is 5.91 Å². The largest absolute Gasteiger partial charge is 0.351 e. The zero-order valence-corrected chi connectivity index (χ0v) is 5.18. The van der Waals surface area contributed by atoms with Gasteiger partial charge in [0.1, 0.15) is 0 Å². The Morgan fingerprint density at radius 1 is 1.56 bits per heavy atom. The van der Waals surface area contributed by atoms with E-state index in [0.29, 0.717) is 12.0 Å². The smallest absolute Gasteiger partial charge is 0.225 e. The molecule has 2 aliphatic heterocycles. The lowest BCUT2D eigenvalue weighted by molar-refractivity contribution is -0.136. The Kier molecular flexibility index (Phi) is 0.990. The molecular weight excluding hydrogens is 116 g/mol. The van der Waals surface area contributed by atoms with Gasteiger partial charge in [-0.05, 0) is 13.0 Å². The van der Waals surface area contributed by atoms with E-state index in [1.54, 1.807) is 0 Å². The highest BCUT2D eigenvalue weighted by molar-refractivity contribution is 5.86. The second kappa shape index (κ2) is 1.70. The van der Waals surface area contributed by atoms with Crippen molar-refractivity contribution in [2.75, 3.05) is 13.1 Å². The van der Waals surface area contributed by atoms with E-state index in [-0.39, 0.29) is 5.91 Å². The van der Waals surface area contributed by atoms with Crippen LogP contribution in [0.5, 0.6) is 0 Å². The quantitative estimate of drug-likeness (QED) is 0.413. The molecule has 0 saturated carbocycles. The van der Waals surface area contributed by atoms with Gasteiger partial charge in [-0.15, -0.1) is 0 Å². The first kappa shape index (κ1) is 5.23. The van der Waals surface area contributed by atoms with Gasteiger partial charge in [-0.25, -0.2) is 0 Å². The molecule has 3 heteroatoms. The van der Waals surface area contributed by atoms with Crippen molar-refractivity contribution in [3.05, 3.63) is 0 Å². The molecule has 0 bridgehead atoms. The minimum absolute atomic E-state index is 0.251. The number of amides is 1. The average Bonchev–Trinajstić information content (AvgIpc) is 1.86. The Labute approximate surface area is 53.8 Å². The van der Waals surface area contributed by atoms with Crippen LogP contribution in [0.4, 0.5) is 0 Å². The first-order chi connectivity index (χ1) is 4.38. The maximum Gasteiger partial charge on any atom is 0.225 e. The predicted octanol–water partition coefficient (Wildman–Crippen LogP) is -0.906. The van der Waals surface area contributed by atoms with Gasteiger partial charge in [0.05, 0.1) is 12.0 Å². The third-order valence-corrected chi connectivity index (χ3v) is 2.15. The van der Waals surface area contributed by atoms with Crippen LogP contribution in [0, 0.1) is 5.92 Å². The molecule has 1 amide bonds. The molecule has 2 unspecified atom stereocenters. The van der Waals surface area contributed by atoms with E-state index in [1.165, 1.54) is 0 Å². The third kappa shape index (κ3) is 0.645. The number of piperidine rings is 1. The Bertz CT molecular complexity index is 146. The van der Waals surface area contributed by atoms with Crippen molar-refractivity contribution in [1.29, 1.82) is 0 Å². The van der Waals surface area contributed by atoms with Crippen molar-refractivity contribution in [1.82, 2.24) is 10.6 Å². The first-order valence-electron chi connectivity index (χ1n) is 3.39. The average molecular weight is 126 g/mol. The summed E-state index contributed by atoms with van der Waals surface area (Å²) >= 11 is 0. The lowest BCUT2D eigenvalue weighted by Crippen LogP contribution is -2.65. The molecule has 2 N–H and O–H groups in total. The number of nitrogens with one attached hydrogen (secondary N) is 2. The second-order valence-electron chi connectivity index (χ2n) is 2.71. The van der Waals surface area contributed by atoms with E-state index >= 15 is 0 Å². The molecule has 0 aromatic rings. The molecule has 0 aromatic carbocycles. The zero-order valence-electron chi connectivity index (χ0n) is 5.18. The van der Waals surface area contributed by atoms with E-state index < -0.39 is 0 Å². The molecule has 0 radical (unpaired) electrons. The van der Waals surface area contributed by atoms with Gasteiger partial charge >= 0.3 is 0 Å². The van der Waals surface area contributed by atoms with Crippen molar-refractivity contribution < 1.29 is 4.79 Å². The van der Waals surface area contributed by atoms with Gasteiger partial charge in [0, 0.05) is 6.54 Å². The minimum Gasteiger partial charge on any atom is -0.351 e. The molecule has 2 fully saturated rings. The number of carbonyl (C=O) groups is 1. The topological polar surface area (TPSA) is 41.1 Å². The molecule has 9 heavy (non-hydrogen) atoms. The molecule has 0 aromatic heterocycles. The maximum atomic E-state index is 10.7. The van der Waals surface area contributed by atoms with Gasteiger partial charge in [-0.1, -0.05) is 0 Å². The Morgan fingerprint density at radius 3 is 3.00 bits per heavy atom. The summed E-state index contributed by atoms with van der Waals surface area (Å²) in [6, 6.07) is 0.450. The van der Waals surface area contributed by atoms with Crippen molar-refractivity contribution in [2.45, 2.75) is 12.5 Å². The van der Waals surface area contributed by atoms with Crippen LogP contribution in [0.15, 0.2) is 0 Å². The fraction of sp³-hybridized carbons (Fsp3) is 0.833. The molecule has 0 spiro atoms. The molecular formula is C6H10N2O. The van der Waals surface area contributed by atoms with E-state index in [9.17, 15) is 4.79 Å². The molecule has 2 heterocycles. The zero-order chi connectivity index (χ0) is 6.27. The summed E-state index contributed by atoms with van der Waals surface area (Å²) in [6.07, 6.45) is 1.02. The van der Waals surface area contributed by atoms with Crippen LogP contribution in [0.25, 0.3) is 0 Å². The lowest BCUT2D eigenvalue weighted by Gasteiger charge is -2.40. The van der Waals surface area contributed by atoms with Crippen LogP contribution in [-0.4, -0.2) is 25.0 Å². The molecule has 0 aliphatic carbocycles. The highest BCUT2D eigenvalue weighted by atomic mass is 16.2. The molecule has 50 valence electrons. The van der Waals surface area contributed by atoms with Gasteiger partial charge in [-0.2, -0.15) is 0 Å². The summed E-state index contributed by atoms with van der Waals surface area (Å²) in [5, 5.41) is 6.07. The van der Waals surface area contributed by atoms with Gasteiger partial charge < -0.3 is 10.6 Å². The van der Waals surface area contributed by atoms with Crippen molar-refractivity contribution in [3.8, 4) is 0 Å². The number of fused-ring (bicyclic) bond motifs is 1. The number of hydrogen-bond donors (Lipinski definition) is 2. The molecule has 2 aliphatic rings. The monoisotopic (exact) mass is 126 g/mol. The van der Waals surface area contributed by atoms with E-state index in [4.69, 9.17) is 0 Å². The maximum absolute atomic E-state index is 10.7. The second-order valence-corrected chi connectivity index (χ2v) is 2.71. The van der Waals surface area contributed by atoms with Crippen LogP contribution in [-0.2, 0) is 4.79 Å². The van der Waals surface area contributed by atoms with Crippen LogP contribution in [0.2, 0.25) is 0 Å². The summed E-state index contributed by atoms with van der Waals surface area (Å²) < 4.78 is 0. The van der Waals surface area contributed by atoms with Crippen molar-refractivity contribution >= 4 is 5.91 Å². The van der Waals surface area contributed by atoms with E-state index in [2.05, 4.69) is 10.6 Å². The molecule has 2 saturated heterocycles. The fourth-order valence-corrected chi connectivity index (χ4v) is 1.52. The molecule has 2 rings (SSSR count). The van der Waals surface area contributed by atoms with Gasteiger partial charge in [-0.3, -0.25) is 4.79 Å². The molecule has 2 atom stereocenters. The Balaban J connectivity index is 2.01. The highest BCUT2D eigenvalue weighted by Gasteiger charge is 2.40. The highest BCUT2D eigenvalue weighted by Crippen LogP contribution is 2.20. The minimum atomic E-state index is 0.251. The predicted molar refractivity (Wildman–Crippen MR) is 32.9 cm³/mol. The number of rotatable bonds is 0. The number of β-lactam (4-membered cyclic amide) rings is 1. The van der Waals surface area contributed by atoms with E-state index in [0.717, 1.165) is 19.5 Å². The van der Waals surface area contributed by atoms with Gasteiger partial charge in [0.25, 0.3) is 0 Å². The number of carbonyl (C=O) groups excluding carboxylic acids is 1.